The second-order valence-electron chi connectivity index (χ2n) is 4.39. The zero-order valence-electron chi connectivity index (χ0n) is 9.17. The number of rotatable bonds is 3. The van der Waals surface area contributed by atoms with Crippen molar-refractivity contribution in [2.75, 3.05) is 0 Å². The lowest BCUT2D eigenvalue weighted by molar-refractivity contribution is 0.218. The molecule has 0 heterocycles. The molecule has 0 spiro atoms. The Kier molecular flexibility index (Phi) is 3.92. The molecular weight excluding hydrogens is 256 g/mol. The Balaban J connectivity index is 2.80. The van der Waals surface area contributed by atoms with Gasteiger partial charge in [0.1, 0.15) is 0 Å². The summed E-state index contributed by atoms with van der Waals surface area (Å²) in [5.74, 6) is 0. The molecule has 0 saturated carbocycles. The van der Waals surface area contributed by atoms with Crippen LogP contribution in [0.3, 0.4) is 0 Å². The van der Waals surface area contributed by atoms with Gasteiger partial charge in [-0.05, 0) is 38.2 Å². The quantitative estimate of drug-likeness (QED) is 0.743. The van der Waals surface area contributed by atoms with Gasteiger partial charge in [-0.2, -0.15) is 0 Å². The summed E-state index contributed by atoms with van der Waals surface area (Å²) in [6.45, 7) is 8.74. The van der Waals surface area contributed by atoms with Crippen LogP contribution >= 0.6 is 15.9 Å². The molecule has 1 atom stereocenters. The van der Waals surface area contributed by atoms with Gasteiger partial charge in [0.25, 0.3) is 0 Å². The Morgan fingerprint density at radius 2 is 1.79 bits per heavy atom. The van der Waals surface area contributed by atoms with Crippen LogP contribution in [-0.2, 0) is 4.43 Å². The van der Waals surface area contributed by atoms with Crippen LogP contribution in [0.15, 0.2) is 28.7 Å². The van der Waals surface area contributed by atoms with Crippen LogP contribution in [0.25, 0.3) is 0 Å². The summed E-state index contributed by atoms with van der Waals surface area (Å²) < 4.78 is 7.14. The standard InChI is InChI=1S/C11H17BrOSi/c1-9(13-14(2,3)4)10-7-5-6-8-11(10)12/h5-9H,1-4H3/t9-/m1/s1. The molecule has 0 aromatic heterocycles. The molecule has 0 radical (unpaired) electrons. The molecule has 1 aromatic rings. The third-order valence-corrected chi connectivity index (χ3v) is 3.66. The molecule has 0 aliphatic carbocycles. The van der Waals surface area contributed by atoms with Crippen molar-refractivity contribution in [3.05, 3.63) is 34.3 Å². The number of benzene rings is 1. The molecule has 0 saturated heterocycles. The molecule has 0 aliphatic heterocycles. The van der Waals surface area contributed by atoms with E-state index in [4.69, 9.17) is 4.43 Å². The van der Waals surface area contributed by atoms with Gasteiger partial charge < -0.3 is 4.43 Å². The minimum atomic E-state index is -1.45. The van der Waals surface area contributed by atoms with Gasteiger partial charge in [-0.3, -0.25) is 0 Å². The zero-order valence-corrected chi connectivity index (χ0v) is 11.8. The van der Waals surface area contributed by atoms with Gasteiger partial charge in [0.2, 0.25) is 0 Å². The minimum absolute atomic E-state index is 0.178. The van der Waals surface area contributed by atoms with E-state index in [2.05, 4.69) is 54.6 Å². The Morgan fingerprint density at radius 1 is 1.21 bits per heavy atom. The van der Waals surface area contributed by atoms with Crippen molar-refractivity contribution < 1.29 is 4.43 Å². The van der Waals surface area contributed by atoms with E-state index in [1.165, 1.54) is 5.56 Å². The molecule has 0 fully saturated rings. The van der Waals surface area contributed by atoms with Crippen LogP contribution in [0.5, 0.6) is 0 Å². The molecular formula is C11H17BrOSi. The average Bonchev–Trinajstić information content (AvgIpc) is 2.01. The summed E-state index contributed by atoms with van der Waals surface area (Å²) in [4.78, 5) is 0. The van der Waals surface area contributed by atoms with Crippen molar-refractivity contribution in [1.82, 2.24) is 0 Å². The number of hydrogen-bond acceptors (Lipinski definition) is 1. The van der Waals surface area contributed by atoms with Crippen LogP contribution in [0, 0.1) is 0 Å². The van der Waals surface area contributed by atoms with Gasteiger partial charge in [0.15, 0.2) is 8.32 Å². The summed E-state index contributed by atoms with van der Waals surface area (Å²) in [5.41, 5.74) is 1.23. The highest BCUT2D eigenvalue weighted by molar-refractivity contribution is 9.10. The summed E-state index contributed by atoms with van der Waals surface area (Å²) in [5, 5.41) is 0. The monoisotopic (exact) mass is 272 g/mol. The van der Waals surface area contributed by atoms with E-state index in [0.717, 1.165) is 4.47 Å². The third-order valence-electron chi connectivity index (χ3n) is 1.87. The maximum Gasteiger partial charge on any atom is 0.184 e. The first-order valence-corrected chi connectivity index (χ1v) is 9.02. The van der Waals surface area contributed by atoms with Gasteiger partial charge in [-0.25, -0.2) is 0 Å². The van der Waals surface area contributed by atoms with Gasteiger partial charge in [0.05, 0.1) is 6.10 Å². The topological polar surface area (TPSA) is 9.23 Å². The molecule has 0 amide bonds. The number of hydrogen-bond donors (Lipinski definition) is 0. The summed E-state index contributed by atoms with van der Waals surface area (Å²) in [6.07, 6.45) is 0.178. The molecule has 0 N–H and O–H groups in total. The van der Waals surface area contributed by atoms with Crippen LogP contribution in [-0.4, -0.2) is 8.32 Å². The molecule has 1 aromatic carbocycles. The van der Waals surface area contributed by atoms with E-state index in [9.17, 15) is 0 Å². The number of halogens is 1. The van der Waals surface area contributed by atoms with Crippen LogP contribution in [0.1, 0.15) is 18.6 Å². The van der Waals surface area contributed by atoms with Gasteiger partial charge in [-0.15, -0.1) is 0 Å². The van der Waals surface area contributed by atoms with Crippen LogP contribution in [0.2, 0.25) is 19.6 Å². The highest BCUT2D eigenvalue weighted by atomic mass is 79.9. The highest BCUT2D eigenvalue weighted by Crippen LogP contribution is 2.27. The third kappa shape index (κ3) is 3.56. The summed E-state index contributed by atoms with van der Waals surface area (Å²) in [6, 6.07) is 8.23. The second kappa shape index (κ2) is 4.60. The largest absolute Gasteiger partial charge is 0.411 e. The zero-order chi connectivity index (χ0) is 10.8. The lowest BCUT2D eigenvalue weighted by atomic mass is 10.1. The Bertz CT molecular complexity index is 306. The Labute approximate surface area is 95.7 Å². The molecule has 78 valence electrons. The molecule has 0 unspecified atom stereocenters. The average molecular weight is 273 g/mol. The summed E-state index contributed by atoms with van der Waals surface area (Å²) >= 11 is 3.54. The molecule has 1 rings (SSSR count). The van der Waals surface area contributed by atoms with Gasteiger partial charge in [0, 0.05) is 4.47 Å². The first-order chi connectivity index (χ1) is 6.40. The predicted molar refractivity (Wildman–Crippen MR) is 67.0 cm³/mol. The van der Waals surface area contributed by atoms with Gasteiger partial charge in [-0.1, -0.05) is 34.1 Å². The van der Waals surface area contributed by atoms with Crippen molar-refractivity contribution in [3.8, 4) is 0 Å². The van der Waals surface area contributed by atoms with Crippen molar-refractivity contribution in [1.29, 1.82) is 0 Å². The maximum absolute atomic E-state index is 6.01. The van der Waals surface area contributed by atoms with Gasteiger partial charge >= 0.3 is 0 Å². The second-order valence-corrected chi connectivity index (χ2v) is 9.71. The van der Waals surface area contributed by atoms with Crippen LogP contribution < -0.4 is 0 Å². The van der Waals surface area contributed by atoms with E-state index in [1.54, 1.807) is 0 Å². The SMILES string of the molecule is C[C@@H](O[Si](C)(C)C)c1ccccc1Br. The van der Waals surface area contributed by atoms with E-state index in [0.29, 0.717) is 0 Å². The Morgan fingerprint density at radius 3 is 2.29 bits per heavy atom. The van der Waals surface area contributed by atoms with E-state index >= 15 is 0 Å². The summed E-state index contributed by atoms with van der Waals surface area (Å²) in [7, 11) is -1.45. The van der Waals surface area contributed by atoms with E-state index < -0.39 is 8.32 Å². The fourth-order valence-corrected chi connectivity index (χ4v) is 3.19. The molecule has 3 heteroatoms. The molecule has 1 nitrogen and oxygen atoms in total. The first kappa shape index (κ1) is 11.9. The lowest BCUT2D eigenvalue weighted by Crippen LogP contribution is -2.27. The van der Waals surface area contributed by atoms with Crippen molar-refractivity contribution in [2.45, 2.75) is 32.7 Å². The lowest BCUT2D eigenvalue weighted by Gasteiger charge is -2.24. The fraction of sp³-hybridized carbons (Fsp3) is 0.455. The maximum atomic E-state index is 6.01. The first-order valence-electron chi connectivity index (χ1n) is 4.82. The van der Waals surface area contributed by atoms with E-state index in [-0.39, 0.29) is 6.10 Å². The highest BCUT2D eigenvalue weighted by Gasteiger charge is 2.20. The van der Waals surface area contributed by atoms with E-state index in [1.807, 2.05) is 12.1 Å². The van der Waals surface area contributed by atoms with Crippen molar-refractivity contribution in [2.24, 2.45) is 0 Å². The predicted octanol–water partition coefficient (Wildman–Crippen LogP) is 4.36. The molecule has 14 heavy (non-hydrogen) atoms. The smallest absolute Gasteiger partial charge is 0.184 e. The Hall–Kier alpha value is -0.123. The van der Waals surface area contributed by atoms with Crippen molar-refractivity contribution >= 4 is 24.2 Å². The van der Waals surface area contributed by atoms with Crippen LogP contribution in [0.4, 0.5) is 0 Å². The minimum Gasteiger partial charge on any atom is -0.411 e. The normalized spacial score (nSPS) is 14.1. The fourth-order valence-electron chi connectivity index (χ4n) is 1.40. The molecule has 0 bridgehead atoms. The van der Waals surface area contributed by atoms with Crippen molar-refractivity contribution in [3.63, 3.8) is 0 Å². The molecule has 0 aliphatic rings.